The van der Waals surface area contributed by atoms with Gasteiger partial charge in [-0.1, -0.05) is 58.4 Å². The van der Waals surface area contributed by atoms with Crippen molar-refractivity contribution in [1.82, 2.24) is 0 Å². The molecule has 0 spiro atoms. The number of amides is 1. The van der Waals surface area contributed by atoms with E-state index >= 15 is 0 Å². The fraction of sp³-hybridized carbons (Fsp3) is 0.150. The minimum absolute atomic E-state index is 0.175. The molecule has 1 amide bonds. The predicted molar refractivity (Wildman–Crippen MR) is 97.7 cm³/mol. The molecule has 1 aliphatic rings. The van der Waals surface area contributed by atoms with Gasteiger partial charge in [-0.25, -0.2) is 0 Å². The van der Waals surface area contributed by atoms with Gasteiger partial charge in [0.25, 0.3) is 0 Å². The van der Waals surface area contributed by atoms with E-state index in [0.29, 0.717) is 13.0 Å². The first-order chi connectivity index (χ1) is 11.1. The lowest BCUT2D eigenvalue weighted by Gasteiger charge is -2.20. The van der Waals surface area contributed by atoms with Gasteiger partial charge >= 0.3 is 0 Å². The third-order valence-corrected chi connectivity index (χ3v) is 5.37. The maximum Gasteiger partial charge on any atom is 0.231 e. The zero-order valence-electron chi connectivity index (χ0n) is 12.8. The molecule has 0 fully saturated rings. The quantitative estimate of drug-likeness (QED) is 0.625. The van der Waals surface area contributed by atoms with E-state index < -0.39 is 0 Å². The van der Waals surface area contributed by atoms with Crippen molar-refractivity contribution < 1.29 is 4.79 Å². The average Bonchev–Trinajstić information content (AvgIpc) is 2.87. The van der Waals surface area contributed by atoms with Gasteiger partial charge in [-0.15, -0.1) is 0 Å². The van der Waals surface area contributed by atoms with Crippen LogP contribution in [0.4, 0.5) is 5.69 Å². The molecule has 0 bridgehead atoms. The molecule has 114 valence electrons. The predicted octanol–water partition coefficient (Wildman–Crippen LogP) is 5.00. The molecule has 1 heterocycles. The lowest BCUT2D eigenvalue weighted by atomic mass is 10.1. The van der Waals surface area contributed by atoms with Crippen molar-refractivity contribution in [1.29, 1.82) is 0 Å². The van der Waals surface area contributed by atoms with Gasteiger partial charge in [0.05, 0.1) is 18.7 Å². The van der Waals surface area contributed by atoms with Crippen molar-refractivity contribution >= 4 is 38.3 Å². The minimum Gasteiger partial charge on any atom is -0.307 e. The first-order valence-electron chi connectivity index (χ1n) is 7.69. The first kappa shape index (κ1) is 14.5. The molecule has 0 N–H and O–H groups in total. The monoisotopic (exact) mass is 365 g/mol. The van der Waals surface area contributed by atoms with E-state index in [1.165, 1.54) is 10.8 Å². The Balaban J connectivity index is 1.74. The first-order valence-corrected chi connectivity index (χ1v) is 8.49. The highest BCUT2D eigenvalue weighted by Gasteiger charge is 2.29. The Kier molecular flexibility index (Phi) is 3.46. The summed E-state index contributed by atoms with van der Waals surface area (Å²) < 4.78 is 1.05. The number of hydrogen-bond donors (Lipinski definition) is 0. The number of rotatable bonds is 2. The maximum atomic E-state index is 12.5. The molecule has 2 nitrogen and oxygen atoms in total. The molecule has 0 saturated heterocycles. The zero-order valence-corrected chi connectivity index (χ0v) is 14.4. The number of carbonyl (C=O) groups excluding carboxylic acids is 1. The third kappa shape index (κ3) is 2.45. The van der Waals surface area contributed by atoms with Crippen LogP contribution >= 0.6 is 15.9 Å². The molecule has 0 saturated carbocycles. The van der Waals surface area contributed by atoms with Gasteiger partial charge in [-0.3, -0.25) is 4.79 Å². The van der Waals surface area contributed by atoms with E-state index in [9.17, 15) is 4.79 Å². The van der Waals surface area contributed by atoms with Gasteiger partial charge in [0.1, 0.15) is 0 Å². The van der Waals surface area contributed by atoms with Crippen LogP contribution in [0, 0.1) is 6.92 Å². The number of nitrogens with zero attached hydrogens (tertiary/aromatic N) is 1. The molecule has 4 rings (SSSR count). The van der Waals surface area contributed by atoms with E-state index in [1.807, 2.05) is 29.2 Å². The molecule has 0 aliphatic carbocycles. The molecule has 3 aromatic rings. The Morgan fingerprint density at radius 2 is 1.83 bits per heavy atom. The van der Waals surface area contributed by atoms with Crippen molar-refractivity contribution in [2.24, 2.45) is 0 Å². The maximum absolute atomic E-state index is 12.5. The summed E-state index contributed by atoms with van der Waals surface area (Å²) in [4.78, 5) is 14.4. The summed E-state index contributed by atoms with van der Waals surface area (Å²) >= 11 is 3.58. The van der Waals surface area contributed by atoms with Gasteiger partial charge in [0.15, 0.2) is 0 Å². The Labute approximate surface area is 143 Å². The summed E-state index contributed by atoms with van der Waals surface area (Å²) in [6, 6.07) is 18.8. The minimum atomic E-state index is 0.175. The average molecular weight is 366 g/mol. The summed E-state index contributed by atoms with van der Waals surface area (Å²) in [5.74, 6) is 0.175. The van der Waals surface area contributed by atoms with E-state index in [1.54, 1.807) is 0 Å². The van der Waals surface area contributed by atoms with Gasteiger partial charge in [0.2, 0.25) is 5.91 Å². The Morgan fingerprint density at radius 3 is 2.65 bits per heavy atom. The zero-order chi connectivity index (χ0) is 16.0. The molecule has 3 heteroatoms. The lowest BCUT2D eigenvalue weighted by molar-refractivity contribution is -0.117. The van der Waals surface area contributed by atoms with Gasteiger partial charge in [0, 0.05) is 4.47 Å². The second-order valence-electron chi connectivity index (χ2n) is 6.02. The standard InChI is InChI=1S/C20H16BrNO/c1-13-18(21)9-8-17-11-19(23)22(20(13)17)12-14-6-7-15-4-2-3-5-16(15)10-14/h2-10H,11-12H2,1H3. The number of anilines is 1. The number of benzene rings is 3. The van der Waals surface area contributed by atoms with Gasteiger partial charge in [-0.05, 0) is 46.5 Å². The molecule has 1 aliphatic heterocycles. The van der Waals surface area contributed by atoms with Gasteiger partial charge < -0.3 is 4.90 Å². The van der Waals surface area contributed by atoms with Crippen LogP contribution in [-0.4, -0.2) is 5.91 Å². The molecular weight excluding hydrogens is 350 g/mol. The van der Waals surface area contributed by atoms with Crippen molar-refractivity contribution in [3.63, 3.8) is 0 Å². The van der Waals surface area contributed by atoms with Crippen molar-refractivity contribution in [3.8, 4) is 0 Å². The molecule has 0 aromatic heterocycles. The second-order valence-corrected chi connectivity index (χ2v) is 6.87. The van der Waals surface area contributed by atoms with E-state index in [4.69, 9.17) is 0 Å². The molecule has 0 unspecified atom stereocenters. The number of hydrogen-bond acceptors (Lipinski definition) is 1. The van der Waals surface area contributed by atoms with E-state index in [0.717, 1.165) is 26.9 Å². The van der Waals surface area contributed by atoms with Crippen LogP contribution < -0.4 is 4.90 Å². The Bertz CT molecular complexity index is 932. The SMILES string of the molecule is Cc1c(Br)ccc2c1N(Cc1ccc3ccccc3c1)C(=O)C2. The van der Waals surface area contributed by atoms with Crippen LogP contribution in [0.3, 0.4) is 0 Å². The van der Waals surface area contributed by atoms with Crippen LogP contribution in [0.15, 0.2) is 59.1 Å². The lowest BCUT2D eigenvalue weighted by Crippen LogP contribution is -2.26. The van der Waals surface area contributed by atoms with Crippen LogP contribution in [-0.2, 0) is 17.8 Å². The molecule has 3 aromatic carbocycles. The van der Waals surface area contributed by atoms with Crippen LogP contribution in [0.5, 0.6) is 0 Å². The molecule has 0 atom stereocenters. The van der Waals surface area contributed by atoms with E-state index in [2.05, 4.69) is 53.2 Å². The van der Waals surface area contributed by atoms with Gasteiger partial charge in [-0.2, -0.15) is 0 Å². The smallest absolute Gasteiger partial charge is 0.231 e. The Hall–Kier alpha value is -2.13. The summed E-state index contributed by atoms with van der Waals surface area (Å²) in [6.07, 6.45) is 0.497. The Morgan fingerprint density at radius 1 is 1.04 bits per heavy atom. The second kappa shape index (κ2) is 5.50. The van der Waals surface area contributed by atoms with E-state index in [-0.39, 0.29) is 5.91 Å². The topological polar surface area (TPSA) is 20.3 Å². The summed E-state index contributed by atoms with van der Waals surface area (Å²) in [5, 5.41) is 2.44. The van der Waals surface area contributed by atoms with Crippen molar-refractivity contribution in [2.75, 3.05) is 4.90 Å². The third-order valence-electron chi connectivity index (χ3n) is 4.52. The molecular formula is C20H16BrNO. The normalized spacial score (nSPS) is 13.7. The highest BCUT2D eigenvalue weighted by atomic mass is 79.9. The molecule has 0 radical (unpaired) electrons. The highest BCUT2D eigenvalue weighted by molar-refractivity contribution is 9.10. The number of fused-ring (bicyclic) bond motifs is 2. The fourth-order valence-corrected chi connectivity index (χ4v) is 3.64. The fourth-order valence-electron chi connectivity index (χ4n) is 3.32. The van der Waals surface area contributed by atoms with Crippen LogP contribution in [0.2, 0.25) is 0 Å². The number of halogens is 1. The highest BCUT2D eigenvalue weighted by Crippen LogP contribution is 2.37. The molecule has 23 heavy (non-hydrogen) atoms. The number of carbonyl (C=O) groups is 1. The summed E-state index contributed by atoms with van der Waals surface area (Å²) in [7, 11) is 0. The van der Waals surface area contributed by atoms with Crippen LogP contribution in [0.25, 0.3) is 10.8 Å². The summed E-state index contributed by atoms with van der Waals surface area (Å²) in [5.41, 5.74) is 4.48. The summed E-state index contributed by atoms with van der Waals surface area (Å²) in [6.45, 7) is 2.68. The van der Waals surface area contributed by atoms with Crippen molar-refractivity contribution in [2.45, 2.75) is 19.9 Å². The van der Waals surface area contributed by atoms with Crippen LogP contribution in [0.1, 0.15) is 16.7 Å². The largest absolute Gasteiger partial charge is 0.307 e. The van der Waals surface area contributed by atoms with Crippen molar-refractivity contribution in [3.05, 3.63) is 75.8 Å².